The number of thioether (sulfide) groups is 3. The van der Waals surface area contributed by atoms with Gasteiger partial charge < -0.3 is 0 Å². The van der Waals surface area contributed by atoms with E-state index < -0.39 is 9.84 Å². The zero-order valence-corrected chi connectivity index (χ0v) is 64.9. The largest absolute Gasteiger partial charge is 0.297 e. The van der Waals surface area contributed by atoms with Crippen LogP contribution in [0.5, 0.6) is 0 Å². The molecule has 0 amide bonds. The highest BCUT2D eigenvalue weighted by molar-refractivity contribution is 8.00. The molecular weight excluding hydrogens is 1450 g/mol. The third kappa shape index (κ3) is 25.6. The van der Waals surface area contributed by atoms with Crippen molar-refractivity contribution in [3.8, 4) is 18.2 Å². The van der Waals surface area contributed by atoms with Gasteiger partial charge in [-0.3, -0.25) is 29.7 Å². The molecule has 12 rings (SSSR count). The summed E-state index contributed by atoms with van der Waals surface area (Å²) in [5.74, 6) is 7.41. The maximum atomic E-state index is 11.6. The van der Waals surface area contributed by atoms with E-state index in [4.69, 9.17) is 34.8 Å². The summed E-state index contributed by atoms with van der Waals surface area (Å²) < 4.78 is 23.3. The molecule has 4 heterocycles. The predicted molar refractivity (Wildman–Crippen MR) is 419 cm³/mol. The molecule has 0 unspecified atom stereocenters. The number of nitro groups is 1. The van der Waals surface area contributed by atoms with Crippen LogP contribution < -0.4 is 0 Å². The van der Waals surface area contributed by atoms with Gasteiger partial charge in [-0.1, -0.05) is 87.9 Å². The van der Waals surface area contributed by atoms with Crippen molar-refractivity contribution in [2.45, 2.75) is 100.0 Å². The summed E-state index contributed by atoms with van der Waals surface area (Å²) in [6.07, 6.45) is 0. The summed E-state index contributed by atoms with van der Waals surface area (Å²) in [5.41, 5.74) is 12.7. The first kappa shape index (κ1) is 77.9. The molecule has 516 valence electrons. The number of non-ortho nitro benzene ring substituents is 1. The summed E-state index contributed by atoms with van der Waals surface area (Å²) in [6, 6.07) is 54.3. The van der Waals surface area contributed by atoms with E-state index in [1.807, 2.05) is 140 Å². The maximum Gasteiger partial charge on any atom is 0.269 e. The van der Waals surface area contributed by atoms with Gasteiger partial charge in [0, 0.05) is 179 Å². The van der Waals surface area contributed by atoms with E-state index >= 15 is 0 Å². The van der Waals surface area contributed by atoms with Crippen LogP contribution in [-0.2, 0) is 36.0 Å². The summed E-state index contributed by atoms with van der Waals surface area (Å²) in [4.78, 5) is 29.4. The lowest BCUT2D eigenvalue weighted by atomic mass is 10.1. The molecule has 99 heavy (non-hydrogen) atoms. The summed E-state index contributed by atoms with van der Waals surface area (Å²) in [5, 5.41) is 41.0. The molecule has 0 aromatic heterocycles. The molecule has 0 saturated carbocycles. The molecule has 4 saturated heterocycles. The van der Waals surface area contributed by atoms with Gasteiger partial charge in [0.2, 0.25) is 0 Å². The monoisotopic (exact) mass is 1530 g/mol. The molecule has 4 aliphatic rings. The number of sulfone groups is 1. The first-order valence-corrected chi connectivity index (χ1v) is 42.1. The van der Waals surface area contributed by atoms with Crippen molar-refractivity contribution >= 4 is 133 Å². The predicted octanol–water partition coefficient (Wildman–Crippen LogP) is 19.3. The van der Waals surface area contributed by atoms with E-state index in [0.29, 0.717) is 35.2 Å². The molecule has 0 N–H and O–H groups in total. The van der Waals surface area contributed by atoms with Gasteiger partial charge in [-0.15, -0.1) is 0 Å². The van der Waals surface area contributed by atoms with Gasteiger partial charge >= 0.3 is 0 Å². The number of nitro benzene ring substituents is 1. The maximum absolute atomic E-state index is 11.6. The highest BCUT2D eigenvalue weighted by atomic mass is 35.5. The normalized spacial score (nSPS) is 15.7. The molecule has 12 nitrogen and oxygen atoms in total. The van der Waals surface area contributed by atoms with Gasteiger partial charge in [0.1, 0.15) is 0 Å². The van der Waals surface area contributed by atoms with E-state index in [9.17, 15) is 34.3 Å². The second-order valence-electron chi connectivity index (χ2n) is 24.6. The molecule has 0 spiro atoms. The number of rotatable bonds is 17. The molecule has 0 aliphatic carbocycles. The van der Waals surface area contributed by atoms with E-state index in [1.54, 1.807) is 47.4 Å². The minimum atomic E-state index is -2.90. The van der Waals surface area contributed by atoms with Crippen molar-refractivity contribution in [2.75, 3.05) is 98.4 Å². The van der Waals surface area contributed by atoms with E-state index in [1.165, 1.54) is 60.0 Å². The van der Waals surface area contributed by atoms with Gasteiger partial charge in [0.05, 0.1) is 51.3 Å². The molecule has 8 aromatic carbocycles. The number of hydrogen-bond acceptors (Lipinski definition) is 18. The van der Waals surface area contributed by atoms with E-state index in [-0.39, 0.29) is 22.1 Å². The average Bonchev–Trinajstić information content (AvgIpc) is 1.34. The summed E-state index contributed by atoms with van der Waals surface area (Å²) in [7, 11) is -2.90. The third-order valence-corrected chi connectivity index (χ3v) is 25.8. The molecule has 8 aromatic rings. The molecule has 0 bridgehead atoms. The lowest BCUT2D eigenvalue weighted by Crippen LogP contribution is -2.39. The second kappa shape index (κ2) is 38.9. The molecule has 0 atom stereocenters. The van der Waals surface area contributed by atoms with Crippen LogP contribution in [0, 0.1) is 78.7 Å². The van der Waals surface area contributed by atoms with Gasteiger partial charge in [0.25, 0.3) is 5.69 Å². The Bertz CT molecular complexity index is 4150. The van der Waals surface area contributed by atoms with Crippen molar-refractivity contribution in [1.29, 1.82) is 15.8 Å². The van der Waals surface area contributed by atoms with E-state index in [0.717, 1.165) is 139 Å². The Morgan fingerprint density at radius 1 is 0.404 bits per heavy atom. The van der Waals surface area contributed by atoms with Crippen molar-refractivity contribution in [3.63, 3.8) is 0 Å². The molecule has 4 aliphatic heterocycles. The zero-order chi connectivity index (χ0) is 70.4. The topological polar surface area (TPSA) is 162 Å². The third-order valence-electron chi connectivity index (χ3n) is 16.3. The van der Waals surface area contributed by atoms with Crippen LogP contribution in [0.15, 0.2) is 185 Å². The second-order valence-corrected chi connectivity index (χ2v) is 36.3. The van der Waals surface area contributed by atoms with Gasteiger partial charge in [-0.05, 0) is 212 Å². The Hall–Kier alpha value is -5.26. The van der Waals surface area contributed by atoms with Crippen LogP contribution in [0.2, 0.25) is 15.1 Å². The summed E-state index contributed by atoms with van der Waals surface area (Å²) in [6.45, 7) is 21.2. The minimum absolute atomic E-state index is 0.146. The van der Waals surface area contributed by atoms with Crippen molar-refractivity contribution < 1.29 is 13.3 Å². The van der Waals surface area contributed by atoms with Crippen molar-refractivity contribution in [3.05, 3.63) is 238 Å². The van der Waals surface area contributed by atoms with Gasteiger partial charge in [0.15, 0.2) is 9.84 Å². The highest BCUT2D eigenvalue weighted by Crippen LogP contribution is 2.39. The van der Waals surface area contributed by atoms with Crippen LogP contribution in [0.4, 0.5) is 5.69 Å². The quantitative estimate of drug-likeness (QED) is 0.0624. The molecule has 23 heteroatoms. The van der Waals surface area contributed by atoms with Crippen LogP contribution in [-0.4, -0.2) is 131 Å². The van der Waals surface area contributed by atoms with Crippen molar-refractivity contribution in [1.82, 2.24) is 19.6 Å². The van der Waals surface area contributed by atoms with E-state index in [2.05, 4.69) is 113 Å². The van der Waals surface area contributed by atoms with Gasteiger partial charge in [-0.25, -0.2) is 8.42 Å². The zero-order valence-electron chi connectivity index (χ0n) is 56.1. The van der Waals surface area contributed by atoms with Crippen LogP contribution in [0.1, 0.15) is 66.8 Å². The Kier molecular flexibility index (Phi) is 30.6. The first-order valence-electron chi connectivity index (χ1n) is 32.4. The molecule has 0 radical (unpaired) electrons. The first-order chi connectivity index (χ1) is 47.6. The Labute approximate surface area is 629 Å². The smallest absolute Gasteiger partial charge is 0.269 e. The SMILES string of the molecule is Cc1cc(C)cc(Sc2ccc(C#N)cc2CN2CCSCC2)c1.Cc1cc(Cl)cc(Sc2ccc(C#N)cc2CN2CCS(=O)(=O)CC2)c1.Cc1cc(Cl)cc(Sc2ccc(C#N)cc2CN2CCSCC2)c1.Cc1cc(Cl)cc(Sc2ccc([N+](=O)[O-])cc2CN2CCSCC2)c1. The Balaban J connectivity index is 0.000000154. The van der Waals surface area contributed by atoms with Gasteiger partial charge in [-0.2, -0.15) is 51.1 Å². The molecule has 4 fully saturated rings. The highest BCUT2D eigenvalue weighted by Gasteiger charge is 2.24. The standard InChI is InChI=1S/C20H22N2S2.C19H19ClN2O2S2.C19H19ClN2S2.C18H19ClN2O2S2/c1-15-9-16(2)11-19(10-15)24-20-4-3-17(13-21)12-18(20)14-22-5-7-23-8-6-22;1-14-8-17(20)11-18(9-14)25-19-3-2-15(12-21)10-16(19)13-22-4-6-26(23,24)7-5-22;1-14-8-17(20)11-18(9-14)24-19-3-2-15(12-21)10-16(19)13-22-4-6-23-7-5-22;1-13-8-15(19)11-17(9-13)25-18-3-2-16(21(22)23)10-14(18)12-20-4-6-24-7-5-20/h3-4,9-12H,5-8,14H2,1-2H3;2-3,8-11H,4-7,13H2,1H3;2-3,8-11H,4-7,13H2,1H3;2-3,8-11H,4-7,12H2,1H3. The number of halogens is 3. The summed E-state index contributed by atoms with van der Waals surface area (Å²) >= 11 is 31.3. The minimum Gasteiger partial charge on any atom is -0.297 e. The number of aryl methyl sites for hydroxylation is 5. The van der Waals surface area contributed by atoms with Crippen LogP contribution in [0.25, 0.3) is 0 Å². The number of hydrogen-bond donors (Lipinski definition) is 0. The van der Waals surface area contributed by atoms with Crippen LogP contribution >= 0.6 is 117 Å². The van der Waals surface area contributed by atoms with Crippen LogP contribution in [0.3, 0.4) is 0 Å². The lowest BCUT2D eigenvalue weighted by molar-refractivity contribution is -0.385. The Morgan fingerprint density at radius 2 is 0.677 bits per heavy atom. The number of benzene rings is 8. The number of nitrogens with zero attached hydrogens (tertiary/aromatic N) is 8. The Morgan fingerprint density at radius 3 is 0.970 bits per heavy atom. The number of nitriles is 3. The fourth-order valence-electron chi connectivity index (χ4n) is 11.5. The van der Waals surface area contributed by atoms with Crippen molar-refractivity contribution in [2.24, 2.45) is 0 Å². The average molecular weight is 1530 g/mol. The fraction of sp³-hybridized carbons (Fsp3) is 0.329. The fourth-order valence-corrected chi connectivity index (χ4v) is 21.1. The lowest BCUT2D eigenvalue weighted by Gasteiger charge is -2.27. The molecular formula is C76H79Cl3N8O4S8.